The molecule has 198 valence electrons. The lowest BCUT2D eigenvalue weighted by molar-refractivity contribution is -0.136. The molecule has 0 saturated heterocycles. The van der Waals surface area contributed by atoms with Crippen LogP contribution >= 0.6 is 11.6 Å². The fourth-order valence-corrected chi connectivity index (χ4v) is 4.25. The number of nitrogens with one attached hydrogen (secondary N) is 2. The Morgan fingerprint density at radius 2 is 1.89 bits per heavy atom. The molecular formula is C24H30ClF4N5O2. The monoisotopic (exact) mass is 531 g/mol. The molecule has 0 radical (unpaired) electrons. The fourth-order valence-electron chi connectivity index (χ4n) is 4.08. The van der Waals surface area contributed by atoms with E-state index in [1.807, 2.05) is 11.9 Å². The number of fused-ring (bicyclic) bond motifs is 1. The summed E-state index contributed by atoms with van der Waals surface area (Å²) in [6.07, 6.45) is -4.86. The number of hydrogen-bond acceptors (Lipinski definition) is 4. The minimum absolute atomic E-state index is 0.0236. The van der Waals surface area contributed by atoms with Crippen molar-refractivity contribution in [1.29, 1.82) is 0 Å². The predicted octanol–water partition coefficient (Wildman–Crippen LogP) is 4.39. The van der Waals surface area contributed by atoms with E-state index >= 15 is 0 Å². The molecule has 3 rings (SSSR count). The van der Waals surface area contributed by atoms with Gasteiger partial charge in [-0.15, -0.1) is 0 Å². The Bertz CT molecular complexity index is 1130. The topological polar surface area (TPSA) is 79.3 Å². The van der Waals surface area contributed by atoms with Crippen molar-refractivity contribution in [1.82, 2.24) is 25.1 Å². The minimum Gasteiger partial charge on any atom is -0.354 e. The van der Waals surface area contributed by atoms with Crippen molar-refractivity contribution in [2.24, 2.45) is 5.41 Å². The van der Waals surface area contributed by atoms with Crippen molar-refractivity contribution >= 4 is 23.4 Å². The molecule has 1 aromatic heterocycles. The van der Waals surface area contributed by atoms with Gasteiger partial charge in [0.2, 0.25) is 5.91 Å². The molecule has 0 saturated carbocycles. The number of amides is 2. The lowest BCUT2D eigenvalue weighted by Gasteiger charge is -2.30. The van der Waals surface area contributed by atoms with E-state index in [4.69, 9.17) is 11.6 Å². The number of hydrogen-bond donors (Lipinski definition) is 2. The second-order valence-electron chi connectivity index (χ2n) is 10.0. The zero-order valence-corrected chi connectivity index (χ0v) is 21.4. The molecule has 36 heavy (non-hydrogen) atoms. The standard InChI is InChI=1S/C24H30ClF4N5O2/c1-23(2,3)19(22(36)30-9-8-24(27,28)29)32-21(35)18-17-13-33(4)10-5-11-34(17)20(31-18)15-12-14(25)6-7-16(15)26/h6-7,12,19H,5,8-11,13H2,1-4H3,(H,30,36)(H,32,35)/t19-/m1/s1. The summed E-state index contributed by atoms with van der Waals surface area (Å²) < 4.78 is 54.1. The van der Waals surface area contributed by atoms with Gasteiger partial charge in [-0.3, -0.25) is 9.59 Å². The van der Waals surface area contributed by atoms with E-state index in [1.54, 1.807) is 25.3 Å². The molecule has 0 aliphatic carbocycles. The first-order valence-corrected chi connectivity index (χ1v) is 11.9. The van der Waals surface area contributed by atoms with Gasteiger partial charge in [-0.05, 0) is 43.6 Å². The van der Waals surface area contributed by atoms with Crippen LogP contribution in [0.25, 0.3) is 11.4 Å². The molecule has 0 unspecified atom stereocenters. The highest BCUT2D eigenvalue weighted by atomic mass is 35.5. The molecule has 1 aliphatic rings. The van der Waals surface area contributed by atoms with Crippen LogP contribution in [0.4, 0.5) is 17.6 Å². The number of nitrogens with zero attached hydrogens (tertiary/aromatic N) is 3. The van der Waals surface area contributed by atoms with E-state index in [0.29, 0.717) is 23.8 Å². The van der Waals surface area contributed by atoms with Crippen LogP contribution in [0.5, 0.6) is 0 Å². The number of benzene rings is 1. The van der Waals surface area contributed by atoms with Crippen molar-refractivity contribution in [2.75, 3.05) is 20.1 Å². The van der Waals surface area contributed by atoms with E-state index in [2.05, 4.69) is 15.6 Å². The Kier molecular flexibility index (Phi) is 8.34. The molecule has 2 heterocycles. The lowest BCUT2D eigenvalue weighted by atomic mass is 9.86. The molecule has 0 bridgehead atoms. The Morgan fingerprint density at radius 3 is 2.53 bits per heavy atom. The van der Waals surface area contributed by atoms with Gasteiger partial charge in [0.05, 0.1) is 17.7 Å². The summed E-state index contributed by atoms with van der Waals surface area (Å²) >= 11 is 6.09. The van der Waals surface area contributed by atoms with Gasteiger partial charge in [0, 0.05) is 24.7 Å². The number of carbonyl (C=O) groups excluding carboxylic acids is 2. The molecule has 1 aromatic carbocycles. The van der Waals surface area contributed by atoms with Gasteiger partial charge in [0.15, 0.2) is 5.69 Å². The molecule has 1 atom stereocenters. The van der Waals surface area contributed by atoms with Gasteiger partial charge >= 0.3 is 6.18 Å². The van der Waals surface area contributed by atoms with Crippen molar-refractivity contribution in [3.05, 3.63) is 40.4 Å². The second kappa shape index (κ2) is 10.8. The average molecular weight is 532 g/mol. The third-order valence-electron chi connectivity index (χ3n) is 5.91. The Morgan fingerprint density at radius 1 is 1.19 bits per heavy atom. The van der Waals surface area contributed by atoms with Crippen LogP contribution in [0.15, 0.2) is 18.2 Å². The quantitative estimate of drug-likeness (QED) is 0.542. The number of imidazole rings is 1. The van der Waals surface area contributed by atoms with Gasteiger partial charge in [-0.25, -0.2) is 9.37 Å². The van der Waals surface area contributed by atoms with Crippen LogP contribution in [-0.4, -0.2) is 58.6 Å². The number of rotatable bonds is 6. The first-order valence-electron chi connectivity index (χ1n) is 11.6. The first kappa shape index (κ1) is 27.9. The number of aromatic nitrogens is 2. The maximum atomic E-state index is 14.7. The van der Waals surface area contributed by atoms with Crippen LogP contribution in [0.3, 0.4) is 0 Å². The molecule has 2 N–H and O–H groups in total. The largest absolute Gasteiger partial charge is 0.390 e. The van der Waals surface area contributed by atoms with Crippen LogP contribution in [0.2, 0.25) is 5.02 Å². The second-order valence-corrected chi connectivity index (χ2v) is 10.5. The SMILES string of the molecule is CN1CCCn2c(-c3cc(Cl)ccc3F)nc(C(=O)N[C@H](C(=O)NCCC(F)(F)F)C(C)(C)C)c2C1. The summed E-state index contributed by atoms with van der Waals surface area (Å²) in [6.45, 7) is 6.05. The Balaban J connectivity index is 1.96. The van der Waals surface area contributed by atoms with Gasteiger partial charge in [0.25, 0.3) is 5.91 Å². The zero-order chi connectivity index (χ0) is 26.8. The summed E-state index contributed by atoms with van der Waals surface area (Å²) in [5.74, 6) is -1.71. The maximum absolute atomic E-state index is 14.7. The van der Waals surface area contributed by atoms with E-state index in [0.717, 1.165) is 13.0 Å². The van der Waals surface area contributed by atoms with Crippen LogP contribution < -0.4 is 10.6 Å². The lowest BCUT2D eigenvalue weighted by Crippen LogP contribution is -2.54. The van der Waals surface area contributed by atoms with E-state index in [1.165, 1.54) is 18.2 Å². The van der Waals surface area contributed by atoms with E-state index in [-0.39, 0.29) is 17.1 Å². The van der Waals surface area contributed by atoms with E-state index < -0.39 is 48.2 Å². The third kappa shape index (κ3) is 6.76. The van der Waals surface area contributed by atoms with Gasteiger partial charge in [-0.1, -0.05) is 32.4 Å². The molecule has 2 amide bonds. The molecule has 1 aliphatic heterocycles. The van der Waals surface area contributed by atoms with Gasteiger partial charge < -0.3 is 20.1 Å². The Hall–Kier alpha value is -2.66. The molecule has 2 aromatic rings. The summed E-state index contributed by atoms with van der Waals surface area (Å²) in [4.78, 5) is 32.7. The van der Waals surface area contributed by atoms with Crippen molar-refractivity contribution in [2.45, 2.75) is 58.9 Å². The van der Waals surface area contributed by atoms with E-state index in [9.17, 15) is 27.2 Å². The molecule has 7 nitrogen and oxygen atoms in total. The summed E-state index contributed by atoms with van der Waals surface area (Å²) in [7, 11) is 1.88. The summed E-state index contributed by atoms with van der Waals surface area (Å²) in [5, 5.41) is 5.21. The highest BCUT2D eigenvalue weighted by molar-refractivity contribution is 6.30. The summed E-state index contributed by atoms with van der Waals surface area (Å²) in [5.41, 5.74) is -0.0972. The van der Waals surface area contributed by atoms with Crippen LogP contribution in [0.1, 0.15) is 49.8 Å². The molecular weight excluding hydrogens is 502 g/mol. The smallest absolute Gasteiger partial charge is 0.354 e. The highest BCUT2D eigenvalue weighted by Gasteiger charge is 2.36. The average Bonchev–Trinajstić information content (AvgIpc) is 2.97. The normalized spacial score (nSPS) is 15.7. The fraction of sp³-hybridized carbons (Fsp3) is 0.542. The minimum atomic E-state index is -4.42. The Labute approximate surface area is 212 Å². The third-order valence-corrected chi connectivity index (χ3v) is 6.14. The summed E-state index contributed by atoms with van der Waals surface area (Å²) in [6, 6.07) is 2.95. The number of carbonyl (C=O) groups is 2. The number of alkyl halides is 3. The molecule has 0 fully saturated rings. The molecule has 12 heteroatoms. The van der Waals surface area contributed by atoms with Crippen molar-refractivity contribution in [3.8, 4) is 11.4 Å². The molecule has 0 spiro atoms. The van der Waals surface area contributed by atoms with Crippen molar-refractivity contribution in [3.63, 3.8) is 0 Å². The van der Waals surface area contributed by atoms with Crippen LogP contribution in [-0.2, 0) is 17.9 Å². The first-order chi connectivity index (χ1) is 16.7. The number of halogens is 5. The highest BCUT2D eigenvalue weighted by Crippen LogP contribution is 2.30. The maximum Gasteiger partial charge on any atom is 0.390 e. The van der Waals surface area contributed by atoms with Crippen molar-refractivity contribution < 1.29 is 27.2 Å². The predicted molar refractivity (Wildman–Crippen MR) is 128 cm³/mol. The van der Waals surface area contributed by atoms with Gasteiger partial charge in [0.1, 0.15) is 17.7 Å². The van der Waals surface area contributed by atoms with Gasteiger partial charge in [-0.2, -0.15) is 13.2 Å². The zero-order valence-electron chi connectivity index (χ0n) is 20.6. The van der Waals surface area contributed by atoms with Crippen LogP contribution in [0, 0.1) is 11.2 Å².